The fourth-order valence-corrected chi connectivity index (χ4v) is 5.57. The SMILES string of the molecule is COC(=O)C1CCCN1C(=O)C(NC(=O)OC1CC1CCCCCc1c(O)c2ccccc2[nH]c1=O)C(C)(C)C. The molecule has 1 aliphatic carbocycles. The number of aromatic hydroxyl groups is 1. The molecule has 2 amide bonds. The molecule has 1 aromatic heterocycles. The molecule has 1 aromatic carbocycles. The predicted octanol–water partition coefficient (Wildman–Crippen LogP) is 4.03. The molecule has 0 bridgehead atoms. The number of methoxy groups -OCH3 is 1. The van der Waals surface area contributed by atoms with E-state index in [2.05, 4.69) is 10.3 Å². The summed E-state index contributed by atoms with van der Waals surface area (Å²) in [7, 11) is 1.31. The number of nitrogens with one attached hydrogen (secondary N) is 2. The molecule has 1 saturated carbocycles. The van der Waals surface area contributed by atoms with E-state index in [0.717, 1.165) is 32.1 Å². The summed E-state index contributed by atoms with van der Waals surface area (Å²) < 4.78 is 10.5. The van der Waals surface area contributed by atoms with Crippen molar-refractivity contribution in [2.75, 3.05) is 13.7 Å². The van der Waals surface area contributed by atoms with Crippen molar-refractivity contribution >= 4 is 28.9 Å². The van der Waals surface area contributed by atoms with E-state index < -0.39 is 29.6 Å². The third kappa shape index (κ3) is 6.77. The molecule has 10 heteroatoms. The highest BCUT2D eigenvalue weighted by atomic mass is 16.6. The van der Waals surface area contributed by atoms with Crippen molar-refractivity contribution in [1.82, 2.24) is 15.2 Å². The van der Waals surface area contributed by atoms with E-state index in [1.165, 1.54) is 12.0 Å². The first kappa shape index (κ1) is 29.4. The van der Waals surface area contributed by atoms with E-state index in [0.29, 0.717) is 42.3 Å². The van der Waals surface area contributed by atoms with E-state index in [1.54, 1.807) is 12.1 Å². The van der Waals surface area contributed by atoms with Crippen LogP contribution >= 0.6 is 0 Å². The van der Waals surface area contributed by atoms with Crippen LogP contribution in [0, 0.1) is 11.3 Å². The Morgan fingerprint density at radius 2 is 1.93 bits per heavy atom. The number of H-pyrrole nitrogens is 1. The number of unbranched alkanes of at least 4 members (excludes halogenated alkanes) is 2. The zero-order chi connectivity index (χ0) is 29.0. The first-order chi connectivity index (χ1) is 19.0. The molecule has 2 fully saturated rings. The van der Waals surface area contributed by atoms with E-state index in [4.69, 9.17) is 9.47 Å². The highest BCUT2D eigenvalue weighted by molar-refractivity contribution is 5.91. The van der Waals surface area contributed by atoms with Crippen molar-refractivity contribution < 1.29 is 29.0 Å². The number of para-hydroxylation sites is 1. The zero-order valence-electron chi connectivity index (χ0n) is 23.8. The molecule has 10 nitrogen and oxygen atoms in total. The van der Waals surface area contributed by atoms with E-state index in [9.17, 15) is 24.3 Å². The fourth-order valence-electron chi connectivity index (χ4n) is 5.57. The standard InChI is InChI=1S/C30H41N3O7/c1-30(2,3)25(27(36)33-16-10-15-22(33)28(37)39-4)32-29(38)40-23-17-18(23)11-6-5-7-13-20-24(34)19-12-8-9-14-21(19)31-26(20)35/h8-9,12,14,18,22-23,25H,5-7,10-11,13,15-17H2,1-4H3,(H,32,38)(H2,31,34,35). The lowest BCUT2D eigenvalue weighted by molar-refractivity contribution is -0.152. The molecule has 1 saturated heterocycles. The molecule has 40 heavy (non-hydrogen) atoms. The van der Waals surface area contributed by atoms with Crippen LogP contribution in [0.2, 0.25) is 0 Å². The number of esters is 1. The number of carbonyl (C=O) groups excluding carboxylic acids is 3. The number of likely N-dealkylation sites (tertiary alicyclic amines) is 1. The third-order valence-corrected chi connectivity index (χ3v) is 7.99. The Morgan fingerprint density at radius 3 is 2.65 bits per heavy atom. The molecule has 2 aliphatic rings. The number of fused-ring (bicyclic) bond motifs is 1. The minimum Gasteiger partial charge on any atom is -0.507 e. The number of amides is 2. The van der Waals surface area contributed by atoms with Crippen LogP contribution in [-0.4, -0.2) is 64.8 Å². The lowest BCUT2D eigenvalue weighted by Crippen LogP contribution is -2.57. The number of carbonyl (C=O) groups is 3. The van der Waals surface area contributed by atoms with Crippen LogP contribution in [0.1, 0.15) is 71.3 Å². The predicted molar refractivity (Wildman–Crippen MR) is 150 cm³/mol. The number of hydrogen-bond acceptors (Lipinski definition) is 7. The molecular weight excluding hydrogens is 514 g/mol. The van der Waals surface area contributed by atoms with Crippen LogP contribution < -0.4 is 10.9 Å². The topological polar surface area (TPSA) is 138 Å². The van der Waals surface area contributed by atoms with Gasteiger partial charge in [0, 0.05) is 11.9 Å². The Hall–Kier alpha value is -3.56. The number of hydrogen-bond donors (Lipinski definition) is 3. The average molecular weight is 556 g/mol. The van der Waals surface area contributed by atoms with Gasteiger partial charge in [0.2, 0.25) is 5.91 Å². The maximum Gasteiger partial charge on any atom is 0.408 e. The lowest BCUT2D eigenvalue weighted by Gasteiger charge is -2.34. The number of benzene rings is 1. The van der Waals surface area contributed by atoms with Gasteiger partial charge in [0.1, 0.15) is 23.9 Å². The Bertz CT molecular complexity index is 1300. The van der Waals surface area contributed by atoms with Crippen molar-refractivity contribution in [2.45, 2.75) is 90.3 Å². The number of rotatable bonds is 10. The number of aromatic nitrogens is 1. The second kappa shape index (κ2) is 12.3. The van der Waals surface area contributed by atoms with Crippen molar-refractivity contribution in [3.63, 3.8) is 0 Å². The summed E-state index contributed by atoms with van der Waals surface area (Å²) in [5.74, 6) is -0.420. The maximum atomic E-state index is 13.3. The molecule has 4 rings (SSSR count). The van der Waals surface area contributed by atoms with Gasteiger partial charge >= 0.3 is 12.1 Å². The van der Waals surface area contributed by atoms with Gasteiger partial charge in [-0.15, -0.1) is 0 Å². The molecule has 2 aromatic rings. The number of alkyl carbamates (subject to hydrolysis) is 1. The lowest BCUT2D eigenvalue weighted by atomic mass is 9.85. The quantitative estimate of drug-likeness (QED) is 0.297. The summed E-state index contributed by atoms with van der Waals surface area (Å²) in [4.78, 5) is 54.9. The van der Waals surface area contributed by atoms with Crippen molar-refractivity contribution in [3.05, 3.63) is 40.2 Å². The van der Waals surface area contributed by atoms with Gasteiger partial charge in [0.25, 0.3) is 5.56 Å². The number of pyridine rings is 1. The monoisotopic (exact) mass is 555 g/mol. The molecule has 0 spiro atoms. The second-order valence-electron chi connectivity index (χ2n) is 12.0. The van der Waals surface area contributed by atoms with Gasteiger partial charge in [-0.05, 0) is 62.0 Å². The first-order valence-electron chi connectivity index (χ1n) is 14.2. The van der Waals surface area contributed by atoms with Crippen LogP contribution in [0.25, 0.3) is 10.9 Å². The van der Waals surface area contributed by atoms with Crippen LogP contribution in [0.15, 0.2) is 29.1 Å². The number of nitrogens with zero attached hydrogens (tertiary/aromatic N) is 1. The third-order valence-electron chi connectivity index (χ3n) is 7.99. The fraction of sp³-hybridized carbons (Fsp3) is 0.600. The summed E-state index contributed by atoms with van der Waals surface area (Å²) >= 11 is 0. The summed E-state index contributed by atoms with van der Waals surface area (Å²) in [6.45, 7) is 6.04. The Balaban J connectivity index is 1.21. The summed E-state index contributed by atoms with van der Waals surface area (Å²) in [5, 5.41) is 13.9. The van der Waals surface area contributed by atoms with Crippen LogP contribution in [-0.2, 0) is 25.5 Å². The molecule has 1 aliphatic heterocycles. The van der Waals surface area contributed by atoms with Crippen molar-refractivity contribution in [3.8, 4) is 5.75 Å². The number of aromatic amines is 1. The number of ether oxygens (including phenoxy) is 2. The van der Waals surface area contributed by atoms with Gasteiger partial charge in [-0.2, -0.15) is 0 Å². The normalized spacial score (nSPS) is 21.2. The molecule has 4 atom stereocenters. The summed E-state index contributed by atoms with van der Waals surface area (Å²) in [5.41, 5.74) is 0.203. The minimum atomic E-state index is -0.836. The van der Waals surface area contributed by atoms with Crippen LogP contribution in [0.4, 0.5) is 4.79 Å². The molecule has 218 valence electrons. The van der Waals surface area contributed by atoms with Crippen molar-refractivity contribution in [1.29, 1.82) is 0 Å². The largest absolute Gasteiger partial charge is 0.507 e. The van der Waals surface area contributed by atoms with E-state index >= 15 is 0 Å². The smallest absolute Gasteiger partial charge is 0.408 e. The van der Waals surface area contributed by atoms with E-state index in [-0.39, 0.29) is 29.2 Å². The minimum absolute atomic E-state index is 0.0543. The molecule has 2 heterocycles. The average Bonchev–Trinajstić information content (AvgIpc) is 3.44. The van der Waals surface area contributed by atoms with Gasteiger partial charge < -0.3 is 29.8 Å². The Morgan fingerprint density at radius 1 is 1.18 bits per heavy atom. The van der Waals surface area contributed by atoms with Gasteiger partial charge in [-0.3, -0.25) is 9.59 Å². The van der Waals surface area contributed by atoms with Crippen molar-refractivity contribution in [2.24, 2.45) is 11.3 Å². The highest BCUT2D eigenvalue weighted by Crippen LogP contribution is 2.38. The molecule has 4 unspecified atom stereocenters. The van der Waals surface area contributed by atoms with Gasteiger partial charge in [0.15, 0.2) is 0 Å². The zero-order valence-corrected chi connectivity index (χ0v) is 23.8. The van der Waals surface area contributed by atoms with Gasteiger partial charge in [0.05, 0.1) is 18.2 Å². The second-order valence-corrected chi connectivity index (χ2v) is 12.0. The van der Waals surface area contributed by atoms with E-state index in [1.807, 2.05) is 32.9 Å². The van der Waals surface area contributed by atoms with Crippen LogP contribution in [0.3, 0.4) is 0 Å². The molecular formula is C30H41N3O7. The molecule has 0 radical (unpaired) electrons. The Kier molecular flexibility index (Phi) is 9.05. The maximum absolute atomic E-state index is 13.3. The van der Waals surface area contributed by atoms with Crippen LogP contribution in [0.5, 0.6) is 5.75 Å². The highest BCUT2D eigenvalue weighted by Gasteiger charge is 2.44. The Labute approximate surface area is 234 Å². The summed E-state index contributed by atoms with van der Waals surface area (Å²) in [6, 6.07) is 5.73. The first-order valence-corrected chi connectivity index (χ1v) is 14.2. The van der Waals surface area contributed by atoms with Gasteiger partial charge in [-0.1, -0.05) is 45.7 Å². The molecule has 3 N–H and O–H groups in total. The summed E-state index contributed by atoms with van der Waals surface area (Å²) in [6.07, 6.45) is 5.20. The van der Waals surface area contributed by atoms with Gasteiger partial charge in [-0.25, -0.2) is 9.59 Å².